The number of aromatic nitrogens is 2. The molecule has 4 rings (SSSR count). The van der Waals surface area contributed by atoms with Gasteiger partial charge in [0.05, 0.1) is 12.1 Å². The molecule has 0 saturated carbocycles. The summed E-state index contributed by atoms with van der Waals surface area (Å²) in [4.78, 5) is 8.19. The van der Waals surface area contributed by atoms with E-state index < -0.39 is 6.61 Å². The molecule has 0 N–H and O–H groups in total. The zero-order chi connectivity index (χ0) is 18.8. The minimum absolute atomic E-state index is 0.0344. The Bertz CT molecular complexity index is 912. The van der Waals surface area contributed by atoms with Gasteiger partial charge in [-0.15, -0.1) is 11.3 Å². The summed E-state index contributed by atoms with van der Waals surface area (Å²) in [6.07, 6.45) is 2.01. The molecule has 8 heteroatoms. The average Bonchev–Trinajstić information content (AvgIpc) is 3.31. The molecule has 0 aliphatic carbocycles. The van der Waals surface area contributed by atoms with Gasteiger partial charge in [0.25, 0.3) is 0 Å². The van der Waals surface area contributed by atoms with Crippen molar-refractivity contribution in [2.24, 2.45) is 0 Å². The van der Waals surface area contributed by atoms with Gasteiger partial charge in [0.2, 0.25) is 11.7 Å². The summed E-state index contributed by atoms with van der Waals surface area (Å²) < 4.78 is 35.2. The zero-order valence-electron chi connectivity index (χ0n) is 14.8. The van der Waals surface area contributed by atoms with Gasteiger partial charge in [-0.3, -0.25) is 4.90 Å². The summed E-state index contributed by atoms with van der Waals surface area (Å²) in [6.45, 7) is 0.714. The Morgan fingerprint density at radius 3 is 3.00 bits per heavy atom. The fourth-order valence-corrected chi connectivity index (χ4v) is 4.50. The summed E-state index contributed by atoms with van der Waals surface area (Å²) >= 11 is 1.81. The van der Waals surface area contributed by atoms with Gasteiger partial charge in [-0.05, 0) is 42.0 Å². The average molecular weight is 391 g/mol. The first kappa shape index (κ1) is 18.1. The standard InChI is InChI=1S/C19H19F2N3O2S/c1-2-14-12-8-10-27-16(12)7-9-24(14)11-17-22-18(23-26-17)13-5-3-4-6-15(13)25-19(20)21/h3-6,8,10,14,19H,2,7,9,11H2,1H3. The van der Waals surface area contributed by atoms with Crippen molar-refractivity contribution in [2.75, 3.05) is 6.54 Å². The second-order valence-electron chi connectivity index (χ2n) is 6.33. The highest BCUT2D eigenvalue weighted by Crippen LogP contribution is 2.36. The molecule has 27 heavy (non-hydrogen) atoms. The van der Waals surface area contributed by atoms with E-state index in [4.69, 9.17) is 4.52 Å². The molecule has 1 aromatic carbocycles. The van der Waals surface area contributed by atoms with Crippen molar-refractivity contribution in [3.05, 3.63) is 52.0 Å². The molecule has 1 aliphatic rings. The molecule has 0 spiro atoms. The van der Waals surface area contributed by atoms with Gasteiger partial charge in [0.15, 0.2) is 0 Å². The molecule has 0 fully saturated rings. The summed E-state index contributed by atoms with van der Waals surface area (Å²) in [5.74, 6) is 0.753. The largest absolute Gasteiger partial charge is 0.434 e. The second kappa shape index (κ2) is 7.74. The third-order valence-electron chi connectivity index (χ3n) is 4.74. The van der Waals surface area contributed by atoms with E-state index in [1.165, 1.54) is 16.5 Å². The van der Waals surface area contributed by atoms with Gasteiger partial charge < -0.3 is 9.26 Å². The van der Waals surface area contributed by atoms with Gasteiger partial charge >= 0.3 is 6.61 Å². The Morgan fingerprint density at radius 1 is 1.33 bits per heavy atom. The molecule has 142 valence electrons. The second-order valence-corrected chi connectivity index (χ2v) is 7.33. The first-order valence-electron chi connectivity index (χ1n) is 8.82. The van der Waals surface area contributed by atoms with Crippen LogP contribution in [0.3, 0.4) is 0 Å². The van der Waals surface area contributed by atoms with Gasteiger partial charge in [0.1, 0.15) is 5.75 Å². The number of benzene rings is 1. The SMILES string of the molecule is CCC1c2ccsc2CCN1Cc1nc(-c2ccccc2OC(F)F)no1. The fraction of sp³-hybridized carbons (Fsp3) is 0.368. The molecule has 1 aliphatic heterocycles. The van der Waals surface area contributed by atoms with E-state index in [0.717, 1.165) is 19.4 Å². The lowest BCUT2D eigenvalue weighted by Gasteiger charge is -2.34. The summed E-state index contributed by atoms with van der Waals surface area (Å²) in [6, 6.07) is 8.97. The lowest BCUT2D eigenvalue weighted by atomic mass is 9.98. The molecular formula is C19H19F2N3O2S. The Kier molecular flexibility index (Phi) is 5.18. The van der Waals surface area contributed by atoms with Crippen LogP contribution >= 0.6 is 11.3 Å². The summed E-state index contributed by atoms with van der Waals surface area (Å²) in [7, 11) is 0. The monoisotopic (exact) mass is 391 g/mol. The Balaban J connectivity index is 1.54. The maximum Gasteiger partial charge on any atom is 0.387 e. The van der Waals surface area contributed by atoms with Crippen molar-refractivity contribution in [1.29, 1.82) is 0 Å². The maximum absolute atomic E-state index is 12.6. The molecule has 5 nitrogen and oxygen atoms in total. The highest BCUT2D eigenvalue weighted by Gasteiger charge is 2.28. The van der Waals surface area contributed by atoms with Crippen LogP contribution in [-0.2, 0) is 13.0 Å². The van der Waals surface area contributed by atoms with E-state index >= 15 is 0 Å². The number of ether oxygens (including phenoxy) is 1. The topological polar surface area (TPSA) is 51.4 Å². The van der Waals surface area contributed by atoms with Crippen LogP contribution in [0.25, 0.3) is 11.4 Å². The van der Waals surface area contributed by atoms with Crippen LogP contribution in [0.4, 0.5) is 8.78 Å². The number of para-hydroxylation sites is 1. The number of hydrogen-bond donors (Lipinski definition) is 0. The molecule has 3 heterocycles. The van der Waals surface area contributed by atoms with Crippen molar-refractivity contribution in [3.8, 4) is 17.1 Å². The minimum atomic E-state index is -2.91. The zero-order valence-corrected chi connectivity index (χ0v) is 15.6. The van der Waals surface area contributed by atoms with E-state index in [1.54, 1.807) is 18.2 Å². The third-order valence-corrected chi connectivity index (χ3v) is 5.74. The third kappa shape index (κ3) is 3.72. The molecule has 1 atom stereocenters. The van der Waals surface area contributed by atoms with Crippen LogP contribution < -0.4 is 4.74 Å². The van der Waals surface area contributed by atoms with Gasteiger partial charge in [-0.2, -0.15) is 13.8 Å². The van der Waals surface area contributed by atoms with Crippen LogP contribution in [-0.4, -0.2) is 28.2 Å². The number of thiophene rings is 1. The highest BCUT2D eigenvalue weighted by molar-refractivity contribution is 7.10. The minimum Gasteiger partial charge on any atom is -0.434 e. The van der Waals surface area contributed by atoms with Crippen molar-refractivity contribution >= 4 is 11.3 Å². The molecular weight excluding hydrogens is 372 g/mol. The summed E-state index contributed by atoms with van der Waals surface area (Å²) in [5, 5.41) is 6.11. The number of halogens is 2. The van der Waals surface area contributed by atoms with Crippen LogP contribution in [0.1, 0.15) is 35.7 Å². The first-order valence-corrected chi connectivity index (χ1v) is 9.70. The number of nitrogens with zero attached hydrogens (tertiary/aromatic N) is 3. The molecule has 0 saturated heterocycles. The van der Waals surface area contributed by atoms with Crippen LogP contribution in [0.2, 0.25) is 0 Å². The van der Waals surface area contributed by atoms with E-state index in [-0.39, 0.29) is 11.6 Å². The van der Waals surface area contributed by atoms with Crippen molar-refractivity contribution in [3.63, 3.8) is 0 Å². The van der Waals surface area contributed by atoms with E-state index in [9.17, 15) is 8.78 Å². The maximum atomic E-state index is 12.6. The number of alkyl halides is 2. The summed E-state index contributed by atoms with van der Waals surface area (Å²) in [5.41, 5.74) is 1.77. The molecule has 0 amide bonds. The quantitative estimate of drug-likeness (QED) is 0.598. The van der Waals surface area contributed by atoms with E-state index in [0.29, 0.717) is 24.0 Å². The molecule has 2 aromatic heterocycles. The van der Waals surface area contributed by atoms with Crippen LogP contribution in [0.15, 0.2) is 40.2 Å². The lowest BCUT2D eigenvalue weighted by molar-refractivity contribution is -0.0494. The van der Waals surface area contributed by atoms with Gasteiger partial charge in [-0.1, -0.05) is 24.2 Å². The van der Waals surface area contributed by atoms with Crippen molar-refractivity contribution < 1.29 is 18.0 Å². The Labute approximate surface area is 159 Å². The fourth-order valence-electron chi connectivity index (χ4n) is 3.57. The van der Waals surface area contributed by atoms with Crippen LogP contribution in [0, 0.1) is 0 Å². The highest BCUT2D eigenvalue weighted by atomic mass is 32.1. The number of fused-ring (bicyclic) bond motifs is 1. The Morgan fingerprint density at radius 2 is 2.19 bits per heavy atom. The lowest BCUT2D eigenvalue weighted by Crippen LogP contribution is -2.34. The van der Waals surface area contributed by atoms with Crippen LogP contribution in [0.5, 0.6) is 5.75 Å². The molecule has 0 radical (unpaired) electrons. The van der Waals surface area contributed by atoms with E-state index in [2.05, 4.69) is 38.1 Å². The molecule has 3 aromatic rings. The first-order chi connectivity index (χ1) is 13.2. The molecule has 0 bridgehead atoms. The molecule has 1 unspecified atom stereocenters. The van der Waals surface area contributed by atoms with Gasteiger partial charge in [0, 0.05) is 17.5 Å². The number of rotatable bonds is 6. The smallest absolute Gasteiger partial charge is 0.387 e. The predicted octanol–water partition coefficient (Wildman–Crippen LogP) is 4.91. The van der Waals surface area contributed by atoms with E-state index in [1.807, 2.05) is 11.3 Å². The van der Waals surface area contributed by atoms with Crippen molar-refractivity contribution in [1.82, 2.24) is 15.0 Å². The Hall–Kier alpha value is -2.32. The predicted molar refractivity (Wildman–Crippen MR) is 97.8 cm³/mol. The normalized spacial score (nSPS) is 17.3. The van der Waals surface area contributed by atoms with Gasteiger partial charge in [-0.25, -0.2) is 0 Å². The van der Waals surface area contributed by atoms with Crippen molar-refractivity contribution in [2.45, 2.75) is 39.0 Å². The number of hydrogen-bond acceptors (Lipinski definition) is 6.